The van der Waals surface area contributed by atoms with E-state index in [2.05, 4.69) is 5.32 Å². The van der Waals surface area contributed by atoms with E-state index in [0.29, 0.717) is 0 Å². The summed E-state index contributed by atoms with van der Waals surface area (Å²) in [6.07, 6.45) is 0. The Kier molecular flexibility index (Phi) is 6.22. The largest absolute Gasteiger partial charge is 0.325 e. The average Bonchev–Trinajstić information content (AvgIpc) is 2.67. The van der Waals surface area contributed by atoms with Gasteiger partial charge in [0.15, 0.2) is 0 Å². The van der Waals surface area contributed by atoms with E-state index < -0.39 is 0 Å². The molecule has 0 aromatic heterocycles. The van der Waals surface area contributed by atoms with E-state index in [-0.39, 0.29) is 24.3 Å². The lowest BCUT2D eigenvalue weighted by Crippen LogP contribution is -2.34. The highest BCUT2D eigenvalue weighted by Gasteiger charge is 2.21. The van der Waals surface area contributed by atoms with Gasteiger partial charge in [-0.2, -0.15) is 0 Å². The van der Waals surface area contributed by atoms with Crippen LogP contribution in [-0.2, 0) is 4.79 Å². The Morgan fingerprint density at radius 3 is 2.21 bits per heavy atom. The number of nitrogens with one attached hydrogen (secondary N) is 1. The molecule has 0 aliphatic heterocycles. The van der Waals surface area contributed by atoms with Crippen LogP contribution in [-0.4, -0.2) is 24.4 Å². The third-order valence-electron chi connectivity index (χ3n) is 4.93. The lowest BCUT2D eigenvalue weighted by Gasteiger charge is -2.28. The number of anilines is 1. The fourth-order valence-electron chi connectivity index (χ4n) is 3.32. The quantitative estimate of drug-likeness (QED) is 0.649. The normalized spacial score (nSPS) is 12.0. The second-order valence-electron chi connectivity index (χ2n) is 7.13. The summed E-state index contributed by atoms with van der Waals surface area (Å²) >= 11 is 0. The molecular formula is C24H25FN2O. The third kappa shape index (κ3) is 4.84. The Bertz CT molecular complexity index is 939. The van der Waals surface area contributed by atoms with Gasteiger partial charge in [0.2, 0.25) is 5.91 Å². The number of carbonyl (C=O) groups is 1. The zero-order valence-electron chi connectivity index (χ0n) is 16.4. The molecule has 0 radical (unpaired) electrons. The standard InChI is InChI=1S/C24H25FN2O/c1-17-9-14-22(15-18(17)2)26-23(28)16-27(3)24(19-7-5-4-6-8-19)20-10-12-21(25)13-11-20/h4-15,24H,16H2,1-3H3,(H,26,28)/t24-/m0/s1. The minimum atomic E-state index is -0.273. The number of halogens is 1. The van der Waals surface area contributed by atoms with Crippen molar-refractivity contribution in [2.75, 3.05) is 18.9 Å². The lowest BCUT2D eigenvalue weighted by atomic mass is 9.97. The van der Waals surface area contributed by atoms with Crippen LogP contribution in [0.25, 0.3) is 0 Å². The van der Waals surface area contributed by atoms with Crippen LogP contribution in [0, 0.1) is 19.7 Å². The van der Waals surface area contributed by atoms with E-state index in [1.165, 1.54) is 17.7 Å². The van der Waals surface area contributed by atoms with Gasteiger partial charge in [-0.25, -0.2) is 4.39 Å². The predicted molar refractivity (Wildman–Crippen MR) is 112 cm³/mol. The highest BCUT2D eigenvalue weighted by Crippen LogP contribution is 2.27. The molecule has 0 aliphatic carbocycles. The monoisotopic (exact) mass is 376 g/mol. The Balaban J connectivity index is 1.79. The number of hydrogen-bond donors (Lipinski definition) is 1. The van der Waals surface area contributed by atoms with Gasteiger partial charge in [-0.1, -0.05) is 48.5 Å². The molecule has 3 rings (SSSR count). The minimum Gasteiger partial charge on any atom is -0.325 e. The van der Waals surface area contributed by atoms with Crippen molar-refractivity contribution in [3.8, 4) is 0 Å². The zero-order chi connectivity index (χ0) is 20.1. The molecule has 1 atom stereocenters. The summed E-state index contributed by atoms with van der Waals surface area (Å²) in [6, 6.07) is 22.1. The number of amides is 1. The molecule has 0 spiro atoms. The summed E-state index contributed by atoms with van der Waals surface area (Å²) in [5.74, 6) is -0.362. The van der Waals surface area contributed by atoms with Crippen LogP contribution in [0.3, 0.4) is 0 Å². The molecule has 1 amide bonds. The maximum atomic E-state index is 13.4. The Labute approximate surface area is 165 Å². The maximum Gasteiger partial charge on any atom is 0.238 e. The number of carbonyl (C=O) groups excluding carboxylic acids is 1. The van der Waals surface area contributed by atoms with Crippen molar-refractivity contribution in [2.24, 2.45) is 0 Å². The van der Waals surface area contributed by atoms with Gasteiger partial charge in [-0.3, -0.25) is 9.69 Å². The van der Waals surface area contributed by atoms with Crippen molar-refractivity contribution in [3.05, 3.63) is 101 Å². The molecule has 0 saturated heterocycles. The molecule has 0 fully saturated rings. The maximum absolute atomic E-state index is 13.4. The van der Waals surface area contributed by atoms with Crippen molar-refractivity contribution in [1.82, 2.24) is 4.90 Å². The van der Waals surface area contributed by atoms with E-state index >= 15 is 0 Å². The van der Waals surface area contributed by atoms with Gasteiger partial charge >= 0.3 is 0 Å². The second-order valence-corrected chi connectivity index (χ2v) is 7.13. The number of rotatable bonds is 6. The third-order valence-corrected chi connectivity index (χ3v) is 4.93. The van der Waals surface area contributed by atoms with Crippen LogP contribution in [0.2, 0.25) is 0 Å². The van der Waals surface area contributed by atoms with Crippen molar-refractivity contribution in [1.29, 1.82) is 0 Å². The molecule has 144 valence electrons. The first-order valence-corrected chi connectivity index (χ1v) is 9.32. The van der Waals surface area contributed by atoms with Crippen molar-refractivity contribution in [2.45, 2.75) is 19.9 Å². The Morgan fingerprint density at radius 1 is 0.929 bits per heavy atom. The fourth-order valence-corrected chi connectivity index (χ4v) is 3.32. The first-order valence-electron chi connectivity index (χ1n) is 9.32. The molecule has 4 heteroatoms. The first-order chi connectivity index (χ1) is 13.4. The van der Waals surface area contributed by atoms with Crippen molar-refractivity contribution >= 4 is 11.6 Å². The van der Waals surface area contributed by atoms with Gasteiger partial charge in [0, 0.05) is 5.69 Å². The molecule has 28 heavy (non-hydrogen) atoms. The average molecular weight is 376 g/mol. The van der Waals surface area contributed by atoms with E-state index in [1.54, 1.807) is 12.1 Å². The van der Waals surface area contributed by atoms with E-state index in [0.717, 1.165) is 22.4 Å². The van der Waals surface area contributed by atoms with Gasteiger partial charge in [0.25, 0.3) is 0 Å². The molecular weight excluding hydrogens is 351 g/mol. The van der Waals surface area contributed by atoms with E-state index in [4.69, 9.17) is 0 Å². The van der Waals surface area contributed by atoms with Gasteiger partial charge in [0.05, 0.1) is 12.6 Å². The highest BCUT2D eigenvalue weighted by molar-refractivity contribution is 5.92. The summed E-state index contributed by atoms with van der Waals surface area (Å²) in [5.41, 5.74) is 5.11. The molecule has 1 N–H and O–H groups in total. The molecule has 3 aromatic carbocycles. The summed E-state index contributed by atoms with van der Waals surface area (Å²) < 4.78 is 13.4. The predicted octanol–water partition coefficient (Wildman–Crippen LogP) is 5.10. The number of aryl methyl sites for hydroxylation is 2. The van der Waals surface area contributed by atoms with Gasteiger partial charge in [-0.05, 0) is 67.4 Å². The van der Waals surface area contributed by atoms with Gasteiger partial charge in [0.1, 0.15) is 5.82 Å². The molecule has 0 aliphatic rings. The Morgan fingerprint density at radius 2 is 1.57 bits per heavy atom. The summed E-state index contributed by atoms with van der Waals surface area (Å²) in [6.45, 7) is 4.28. The molecule has 3 nitrogen and oxygen atoms in total. The minimum absolute atomic E-state index is 0.0891. The number of likely N-dealkylation sites (N-methyl/N-ethyl adjacent to an activating group) is 1. The molecule has 0 saturated carbocycles. The van der Waals surface area contributed by atoms with Crippen LogP contribution < -0.4 is 5.32 Å². The first kappa shape index (κ1) is 19.8. The van der Waals surface area contributed by atoms with Crippen molar-refractivity contribution in [3.63, 3.8) is 0 Å². The van der Waals surface area contributed by atoms with Gasteiger partial charge in [-0.15, -0.1) is 0 Å². The smallest absolute Gasteiger partial charge is 0.238 e. The summed E-state index contributed by atoms with van der Waals surface area (Å²) in [7, 11) is 1.90. The molecule has 3 aromatic rings. The van der Waals surface area contributed by atoms with Crippen LogP contribution in [0.1, 0.15) is 28.3 Å². The van der Waals surface area contributed by atoms with Crippen LogP contribution >= 0.6 is 0 Å². The van der Waals surface area contributed by atoms with Gasteiger partial charge < -0.3 is 5.32 Å². The SMILES string of the molecule is Cc1ccc(NC(=O)CN(C)[C@@H](c2ccccc2)c2ccc(F)cc2)cc1C. The van der Waals surface area contributed by atoms with Crippen molar-refractivity contribution < 1.29 is 9.18 Å². The lowest BCUT2D eigenvalue weighted by molar-refractivity contribution is -0.117. The van der Waals surface area contributed by atoms with E-state index in [1.807, 2.05) is 74.3 Å². The second kappa shape index (κ2) is 8.81. The summed E-state index contributed by atoms with van der Waals surface area (Å²) in [5, 5.41) is 2.97. The summed E-state index contributed by atoms with van der Waals surface area (Å²) in [4.78, 5) is 14.6. The number of nitrogens with zero attached hydrogens (tertiary/aromatic N) is 1. The molecule has 0 heterocycles. The number of benzene rings is 3. The zero-order valence-corrected chi connectivity index (χ0v) is 16.4. The number of hydrogen-bond acceptors (Lipinski definition) is 2. The molecule has 0 bridgehead atoms. The van der Waals surface area contributed by atoms with Crippen LogP contribution in [0.4, 0.5) is 10.1 Å². The fraction of sp³-hybridized carbons (Fsp3) is 0.208. The van der Waals surface area contributed by atoms with Crippen LogP contribution in [0.5, 0.6) is 0 Å². The van der Waals surface area contributed by atoms with E-state index in [9.17, 15) is 9.18 Å². The van der Waals surface area contributed by atoms with Crippen LogP contribution in [0.15, 0.2) is 72.8 Å². The highest BCUT2D eigenvalue weighted by atomic mass is 19.1. The Hall–Kier alpha value is -2.98. The topological polar surface area (TPSA) is 32.3 Å². The molecule has 0 unspecified atom stereocenters.